The van der Waals surface area contributed by atoms with Crippen molar-refractivity contribution in [2.75, 3.05) is 98.8 Å². The van der Waals surface area contributed by atoms with Gasteiger partial charge in [0.25, 0.3) is 46.9 Å². The van der Waals surface area contributed by atoms with Gasteiger partial charge in [0.1, 0.15) is 0 Å². The van der Waals surface area contributed by atoms with Crippen molar-refractivity contribution < 1.29 is 219 Å². The van der Waals surface area contributed by atoms with Crippen LogP contribution in [0.2, 0.25) is 0 Å². The number of nitrogens with one attached hydrogen (secondary N) is 5. The summed E-state index contributed by atoms with van der Waals surface area (Å²) in [5.41, 5.74) is 24.2. The zero-order valence-corrected chi connectivity index (χ0v) is 44.9. The second kappa shape index (κ2) is 35.7. The van der Waals surface area contributed by atoms with Crippen molar-refractivity contribution in [3.05, 3.63) is 17.2 Å². The van der Waals surface area contributed by atoms with E-state index in [1.807, 2.05) is 0 Å². The Kier molecular flexibility index (Phi) is 41.8. The molecule has 353 valence electrons. The summed E-state index contributed by atoms with van der Waals surface area (Å²) in [6.45, 7) is -12.4. The van der Waals surface area contributed by atoms with E-state index in [4.69, 9.17) is 27.0 Å². The fourth-order valence-electron chi connectivity index (χ4n) is 3.17. The van der Waals surface area contributed by atoms with E-state index in [1.54, 1.807) is 0 Å². The smallest absolute Gasteiger partial charge is 0.267 e. The molecule has 0 bridgehead atoms. The Balaban J connectivity index is -0.00000523. The summed E-state index contributed by atoms with van der Waals surface area (Å²) >= 11 is 0. The fraction of sp³-hybridized carbons (Fsp3) is 1.00. The molecule has 0 aliphatic carbocycles. The van der Waals surface area contributed by atoms with Gasteiger partial charge < -0.3 is 102 Å². The van der Waals surface area contributed by atoms with Crippen molar-refractivity contribution in [2.45, 2.75) is 0 Å². The van der Waals surface area contributed by atoms with Crippen molar-refractivity contribution in [3.8, 4) is 0 Å². The van der Waals surface area contributed by atoms with Crippen LogP contribution in [0.1, 0.15) is 0 Å². The Hall–Kier alpha value is 3.63. The van der Waals surface area contributed by atoms with Crippen molar-refractivity contribution in [3.63, 3.8) is 0 Å². The minimum atomic E-state index is -5.32. The molecular weight excluding hydrogens is 1180 g/mol. The van der Waals surface area contributed by atoms with Crippen LogP contribution < -0.4 is 40.4 Å². The third-order valence-corrected chi connectivity index (χ3v) is 11.0. The van der Waals surface area contributed by atoms with Gasteiger partial charge >= 0.3 is 0 Å². The van der Waals surface area contributed by atoms with Crippen molar-refractivity contribution >= 4 is 46.9 Å². The van der Waals surface area contributed by atoms with E-state index >= 15 is 0 Å². The monoisotopic (exact) mass is 1230 g/mol. The van der Waals surface area contributed by atoms with Gasteiger partial charge in [0.15, 0.2) is 0 Å². The molecular formula is C20H42F2N5O24P6Y3-9. The van der Waals surface area contributed by atoms with Gasteiger partial charge in [-0.15, -0.1) is 28.6 Å². The van der Waals surface area contributed by atoms with Crippen LogP contribution in [0.3, 0.4) is 0 Å². The summed E-state index contributed by atoms with van der Waals surface area (Å²) in [6, 6.07) is 0. The first kappa shape index (κ1) is 70.2. The number of phosphoric acid groups is 6. The Morgan fingerprint density at radius 3 is 0.717 bits per heavy atom. The number of halogens is 2. The number of hydrogen-bond acceptors (Lipinski definition) is 24. The van der Waals surface area contributed by atoms with Gasteiger partial charge in [-0.2, -0.15) is 11.1 Å². The Morgan fingerprint density at radius 2 is 0.567 bits per heavy atom. The molecule has 0 heterocycles. The van der Waals surface area contributed by atoms with Crippen molar-refractivity contribution in [1.82, 2.24) is 11.1 Å². The molecule has 40 heteroatoms. The maximum absolute atomic E-state index is 12.8. The summed E-state index contributed by atoms with van der Waals surface area (Å²) in [4.78, 5) is 87.0. The van der Waals surface area contributed by atoms with E-state index in [9.17, 15) is 65.7 Å². The molecule has 0 aliphatic rings. The molecule has 0 saturated heterocycles. The zero-order valence-electron chi connectivity index (χ0n) is 31.0. The van der Waals surface area contributed by atoms with E-state index in [2.05, 4.69) is 45.2 Å². The van der Waals surface area contributed by atoms with Gasteiger partial charge in [0, 0.05) is 123 Å². The first-order valence-corrected chi connectivity index (χ1v) is 24.4. The molecule has 0 fully saturated rings. The average molecular weight is 1230 g/mol. The van der Waals surface area contributed by atoms with Gasteiger partial charge in [0.05, 0.1) is 66.1 Å². The molecule has 10 atom stereocenters. The second-order valence-electron chi connectivity index (χ2n) is 11.3. The molecule has 0 aliphatic heterocycles. The van der Waals surface area contributed by atoms with Gasteiger partial charge in [-0.25, -0.2) is 0 Å². The van der Waals surface area contributed by atoms with Gasteiger partial charge in [-0.3, -0.25) is 27.4 Å². The van der Waals surface area contributed by atoms with Crippen molar-refractivity contribution in [1.29, 1.82) is 0 Å². The average Bonchev–Trinajstić information content (AvgIpc) is 3.10. The molecule has 60 heavy (non-hydrogen) atoms. The minimum absolute atomic E-state index is 0. The summed E-state index contributed by atoms with van der Waals surface area (Å²) in [6.07, 6.45) is 0. The quantitative estimate of drug-likeness (QED) is 0.0391. The molecule has 0 aromatic rings. The fourth-order valence-corrected chi connectivity index (χ4v) is 7.41. The number of hydrogen-bond donors (Lipinski definition) is 4. The summed E-state index contributed by atoms with van der Waals surface area (Å²) < 4.78 is 140. The largest absolute Gasteiger partial charge is 0.756 e. The maximum Gasteiger partial charge on any atom is 0.267 e. The van der Waals surface area contributed by atoms with Crippen molar-refractivity contribution in [2.24, 2.45) is 29.6 Å². The molecule has 0 rings (SSSR count). The standard InChI is InChI=1S/C20H48F2N5O24P6.3Y/c21-26-4-19(12-48-54(34,35)44-8-16(1-23)6-42-52(28,29)30)14-50-56(38,39)46-10-18(3-25)11-47-57(40,41)51-15-20(5-27-22)13-49-55(36,37)45-9-17(2-24)7-43-53(31,32)33;;;/h16-20,23-27H,1-15H2,(H,34,35)(H,36,37)(H,38,39)(H,40,41)(H2,28,29,30)(H2,31,32,33);;;/q-3;;;/p-6. The van der Waals surface area contributed by atoms with E-state index in [-0.39, 0.29) is 98.1 Å². The van der Waals surface area contributed by atoms with Crippen LogP contribution in [0.25, 0.3) is 17.2 Å². The SMILES string of the molecule is [NH-]CC(COP(=O)([O-])O)COP(=O)([O-])OCC(CNF)COP(=O)([O-])OCC(C[NH-])COP(=O)([O-])OCC(CNF)COP(=O)([O-])OCC(C[NH-])COP(=O)([O-])O.[Y].[Y].[Y]. The molecule has 29 nitrogen and oxygen atoms in total. The van der Waals surface area contributed by atoms with Crippen LogP contribution in [0.4, 0.5) is 8.96 Å². The molecule has 7 N–H and O–H groups in total. The van der Waals surface area contributed by atoms with E-state index in [1.165, 1.54) is 0 Å². The predicted octanol–water partition coefficient (Wildman–Crippen LogP) is -1.87. The van der Waals surface area contributed by atoms with Crippen LogP contribution in [0, 0.1) is 29.6 Å². The first-order chi connectivity index (χ1) is 26.2. The minimum Gasteiger partial charge on any atom is -0.756 e. The first-order valence-electron chi connectivity index (χ1n) is 15.6. The molecule has 0 aromatic carbocycles. The molecule has 0 amide bonds. The Bertz CT molecular complexity index is 1340. The number of rotatable bonds is 37. The summed E-state index contributed by atoms with van der Waals surface area (Å²) in [5, 5.41) is 0. The molecule has 10 unspecified atom stereocenters. The molecule has 0 saturated carbocycles. The van der Waals surface area contributed by atoms with Gasteiger partial charge in [-0.1, -0.05) is 0 Å². The van der Waals surface area contributed by atoms with Crippen LogP contribution in [0.15, 0.2) is 0 Å². The maximum atomic E-state index is 12.8. The molecule has 3 radical (unpaired) electrons. The summed E-state index contributed by atoms with van der Waals surface area (Å²) in [5.74, 6) is -6.36. The summed E-state index contributed by atoms with van der Waals surface area (Å²) in [7, 11) is -31.4. The number of phosphoric ester groups is 6. The van der Waals surface area contributed by atoms with E-state index < -0.39 is 175 Å². The second-order valence-corrected chi connectivity index (χ2v) is 19.3. The zero-order chi connectivity index (χ0) is 44.0. The van der Waals surface area contributed by atoms with Crippen LogP contribution in [-0.2, 0) is 171 Å². The van der Waals surface area contributed by atoms with Crippen LogP contribution in [0.5, 0.6) is 0 Å². The third kappa shape index (κ3) is 39.6. The van der Waals surface area contributed by atoms with Gasteiger partial charge in [-0.05, 0) is 17.8 Å². The van der Waals surface area contributed by atoms with Gasteiger partial charge in [0.2, 0.25) is 0 Å². The topological polar surface area (TPSA) is 469 Å². The Morgan fingerprint density at radius 1 is 0.400 bits per heavy atom. The third-order valence-electron chi connectivity index (χ3n) is 6.29. The van der Waals surface area contributed by atoms with Crippen LogP contribution in [-0.4, -0.2) is 109 Å². The van der Waals surface area contributed by atoms with Crippen LogP contribution >= 0.6 is 46.9 Å². The molecule has 0 spiro atoms. The molecule has 0 aromatic heterocycles. The van der Waals surface area contributed by atoms with E-state index in [0.717, 1.165) is 11.1 Å². The Labute approximate surface area is 418 Å². The van der Waals surface area contributed by atoms with E-state index in [0.29, 0.717) is 0 Å². The normalized spacial score (nSPS) is 20.4. The predicted molar refractivity (Wildman–Crippen MR) is 173 cm³/mol.